The summed E-state index contributed by atoms with van der Waals surface area (Å²) in [5.74, 6) is 0.0582. The van der Waals surface area contributed by atoms with Gasteiger partial charge in [0.15, 0.2) is 0 Å². The first-order valence-electron chi connectivity index (χ1n) is 10.3. The fraction of sp³-hybridized carbons (Fsp3) is 0.200. The molecular weight excluding hydrogens is 394 g/mol. The standard InChI is InChI=1S/C25H22ClN3O/c26-20-10-8-19(9-11-20)25(14-2-3-15-25)24(30)27-21-12-6-18(7-13-21)22-17-29-16-4-1-5-23(29)28-22/h1,4-13,16-17H,2-3,14-15H2,(H,27,30). The van der Waals surface area contributed by atoms with Crippen LogP contribution in [0.4, 0.5) is 5.69 Å². The zero-order chi connectivity index (χ0) is 20.6. The largest absolute Gasteiger partial charge is 0.325 e. The number of imidazole rings is 1. The average Bonchev–Trinajstić information content (AvgIpc) is 3.43. The van der Waals surface area contributed by atoms with Gasteiger partial charge in [-0.2, -0.15) is 0 Å². The maximum absolute atomic E-state index is 13.3. The van der Waals surface area contributed by atoms with Crippen molar-refractivity contribution in [3.8, 4) is 11.3 Å². The Hall–Kier alpha value is -3.11. The topological polar surface area (TPSA) is 46.4 Å². The van der Waals surface area contributed by atoms with Gasteiger partial charge in [0, 0.05) is 28.7 Å². The molecule has 4 aromatic rings. The van der Waals surface area contributed by atoms with Crippen molar-refractivity contribution in [1.82, 2.24) is 9.38 Å². The van der Waals surface area contributed by atoms with Crippen LogP contribution in [-0.2, 0) is 10.2 Å². The van der Waals surface area contributed by atoms with Crippen LogP contribution in [0.5, 0.6) is 0 Å². The van der Waals surface area contributed by atoms with Crippen LogP contribution in [0.1, 0.15) is 31.2 Å². The van der Waals surface area contributed by atoms with Gasteiger partial charge in [0.1, 0.15) is 5.65 Å². The second-order valence-corrected chi connectivity index (χ2v) is 8.36. The molecule has 0 atom stereocenters. The molecule has 1 saturated carbocycles. The molecule has 0 aliphatic heterocycles. The van der Waals surface area contributed by atoms with Gasteiger partial charge >= 0.3 is 0 Å². The third-order valence-corrected chi connectivity index (χ3v) is 6.34. The molecule has 0 saturated heterocycles. The fourth-order valence-electron chi connectivity index (χ4n) is 4.44. The Morgan fingerprint density at radius 2 is 1.70 bits per heavy atom. The molecule has 0 radical (unpaired) electrons. The number of pyridine rings is 1. The van der Waals surface area contributed by atoms with E-state index in [1.807, 2.05) is 83.5 Å². The Kier molecular flexibility index (Phi) is 4.80. The fourth-order valence-corrected chi connectivity index (χ4v) is 4.57. The molecule has 1 aliphatic rings. The summed E-state index contributed by atoms with van der Waals surface area (Å²) in [5, 5.41) is 3.84. The Morgan fingerprint density at radius 3 is 2.40 bits per heavy atom. The van der Waals surface area contributed by atoms with Crippen LogP contribution in [0.3, 0.4) is 0 Å². The van der Waals surface area contributed by atoms with Crippen LogP contribution in [0, 0.1) is 0 Å². The summed E-state index contributed by atoms with van der Waals surface area (Å²) in [7, 11) is 0. The summed E-state index contributed by atoms with van der Waals surface area (Å²) in [6, 6.07) is 21.5. The predicted octanol–water partition coefficient (Wildman–Crippen LogP) is 6.11. The maximum Gasteiger partial charge on any atom is 0.235 e. The van der Waals surface area contributed by atoms with E-state index in [-0.39, 0.29) is 5.91 Å². The first-order chi connectivity index (χ1) is 14.6. The van der Waals surface area contributed by atoms with E-state index < -0.39 is 5.41 Å². The highest BCUT2D eigenvalue weighted by molar-refractivity contribution is 6.30. The molecule has 0 unspecified atom stereocenters. The number of amides is 1. The summed E-state index contributed by atoms with van der Waals surface area (Å²) in [5.41, 5.74) is 4.20. The number of rotatable bonds is 4. The average molecular weight is 416 g/mol. The molecule has 1 aliphatic carbocycles. The maximum atomic E-state index is 13.3. The summed E-state index contributed by atoms with van der Waals surface area (Å²) < 4.78 is 2.00. The van der Waals surface area contributed by atoms with E-state index in [1.165, 1.54) is 0 Å². The van der Waals surface area contributed by atoms with Crippen molar-refractivity contribution >= 4 is 28.8 Å². The molecule has 0 bridgehead atoms. The van der Waals surface area contributed by atoms with Crippen LogP contribution >= 0.6 is 11.6 Å². The van der Waals surface area contributed by atoms with Crippen molar-refractivity contribution in [1.29, 1.82) is 0 Å². The van der Waals surface area contributed by atoms with Crippen molar-refractivity contribution in [3.05, 3.63) is 89.7 Å². The Labute approximate surface area is 180 Å². The molecule has 5 heteroatoms. The molecule has 5 rings (SSSR count). The van der Waals surface area contributed by atoms with Gasteiger partial charge in [0.25, 0.3) is 0 Å². The second-order valence-electron chi connectivity index (χ2n) is 7.92. The molecule has 1 fully saturated rings. The molecular formula is C25H22ClN3O. The van der Waals surface area contributed by atoms with Crippen molar-refractivity contribution in [2.45, 2.75) is 31.1 Å². The van der Waals surface area contributed by atoms with Gasteiger partial charge in [-0.15, -0.1) is 0 Å². The van der Waals surface area contributed by atoms with E-state index in [0.717, 1.165) is 53.8 Å². The van der Waals surface area contributed by atoms with Crippen molar-refractivity contribution in [2.75, 3.05) is 5.32 Å². The van der Waals surface area contributed by atoms with Crippen LogP contribution in [0.2, 0.25) is 5.02 Å². The lowest BCUT2D eigenvalue weighted by Gasteiger charge is -2.28. The lowest BCUT2D eigenvalue weighted by atomic mass is 9.78. The Morgan fingerprint density at radius 1 is 0.967 bits per heavy atom. The molecule has 30 heavy (non-hydrogen) atoms. The normalized spacial score (nSPS) is 15.4. The molecule has 2 heterocycles. The van der Waals surface area contributed by atoms with Crippen molar-refractivity contribution in [2.24, 2.45) is 0 Å². The van der Waals surface area contributed by atoms with Gasteiger partial charge in [-0.3, -0.25) is 4.79 Å². The van der Waals surface area contributed by atoms with E-state index in [0.29, 0.717) is 5.02 Å². The number of halogens is 1. The smallest absolute Gasteiger partial charge is 0.235 e. The molecule has 0 spiro atoms. The monoisotopic (exact) mass is 415 g/mol. The highest BCUT2D eigenvalue weighted by atomic mass is 35.5. The molecule has 150 valence electrons. The van der Waals surface area contributed by atoms with Gasteiger partial charge in [-0.05, 0) is 54.8 Å². The number of fused-ring (bicyclic) bond motifs is 1. The predicted molar refractivity (Wildman–Crippen MR) is 121 cm³/mol. The number of carbonyl (C=O) groups is 1. The number of hydrogen-bond acceptors (Lipinski definition) is 2. The third kappa shape index (κ3) is 3.37. The van der Waals surface area contributed by atoms with Gasteiger partial charge in [0.05, 0.1) is 11.1 Å². The van der Waals surface area contributed by atoms with Crippen LogP contribution in [0.15, 0.2) is 79.1 Å². The molecule has 2 aromatic carbocycles. The lowest BCUT2D eigenvalue weighted by Crippen LogP contribution is -2.37. The van der Waals surface area contributed by atoms with E-state index in [1.54, 1.807) is 0 Å². The lowest BCUT2D eigenvalue weighted by molar-refractivity contribution is -0.121. The first kappa shape index (κ1) is 18.9. The van der Waals surface area contributed by atoms with Gasteiger partial charge in [-0.25, -0.2) is 4.98 Å². The van der Waals surface area contributed by atoms with E-state index in [2.05, 4.69) is 10.3 Å². The minimum Gasteiger partial charge on any atom is -0.325 e. The van der Waals surface area contributed by atoms with E-state index in [4.69, 9.17) is 11.6 Å². The highest BCUT2D eigenvalue weighted by Gasteiger charge is 2.42. The highest BCUT2D eigenvalue weighted by Crippen LogP contribution is 2.42. The van der Waals surface area contributed by atoms with Gasteiger partial charge < -0.3 is 9.72 Å². The van der Waals surface area contributed by atoms with Crippen LogP contribution < -0.4 is 5.32 Å². The third-order valence-electron chi connectivity index (χ3n) is 6.09. The zero-order valence-corrected chi connectivity index (χ0v) is 17.3. The van der Waals surface area contributed by atoms with Gasteiger partial charge in [-0.1, -0.05) is 54.8 Å². The number of aromatic nitrogens is 2. The van der Waals surface area contributed by atoms with Crippen LogP contribution in [0.25, 0.3) is 16.9 Å². The first-order valence-corrected chi connectivity index (χ1v) is 10.6. The molecule has 1 N–H and O–H groups in total. The Balaban J connectivity index is 1.38. The summed E-state index contributed by atoms with van der Waals surface area (Å²) in [6.45, 7) is 0. The minimum atomic E-state index is -0.481. The zero-order valence-electron chi connectivity index (χ0n) is 16.5. The van der Waals surface area contributed by atoms with E-state index in [9.17, 15) is 4.79 Å². The Bertz CT molecular complexity index is 1160. The summed E-state index contributed by atoms with van der Waals surface area (Å²) in [4.78, 5) is 18.0. The molecule has 1 amide bonds. The van der Waals surface area contributed by atoms with Gasteiger partial charge in [0.2, 0.25) is 5.91 Å². The SMILES string of the molecule is O=C(Nc1ccc(-c2cn3ccccc3n2)cc1)C1(c2ccc(Cl)cc2)CCCC1. The van der Waals surface area contributed by atoms with Crippen LogP contribution in [-0.4, -0.2) is 15.3 Å². The van der Waals surface area contributed by atoms with Crippen molar-refractivity contribution < 1.29 is 4.79 Å². The number of carbonyl (C=O) groups excluding carboxylic acids is 1. The van der Waals surface area contributed by atoms with E-state index >= 15 is 0 Å². The quantitative estimate of drug-likeness (QED) is 0.437. The number of nitrogens with one attached hydrogen (secondary N) is 1. The number of hydrogen-bond donors (Lipinski definition) is 1. The minimum absolute atomic E-state index is 0.0582. The number of nitrogens with zero attached hydrogens (tertiary/aromatic N) is 2. The summed E-state index contributed by atoms with van der Waals surface area (Å²) in [6.07, 6.45) is 7.83. The molecule has 2 aromatic heterocycles. The summed E-state index contributed by atoms with van der Waals surface area (Å²) >= 11 is 6.06. The van der Waals surface area contributed by atoms with Crippen molar-refractivity contribution in [3.63, 3.8) is 0 Å². The molecule has 4 nitrogen and oxygen atoms in total. The second kappa shape index (κ2) is 7.62. The number of benzene rings is 2. The number of anilines is 1.